The van der Waals surface area contributed by atoms with Crippen molar-refractivity contribution >= 4 is 19.2 Å². The first-order chi connectivity index (χ1) is 14.2. The van der Waals surface area contributed by atoms with Gasteiger partial charge in [-0.3, -0.25) is 0 Å². The zero-order valence-corrected chi connectivity index (χ0v) is 20.1. The molecule has 0 aliphatic heterocycles. The van der Waals surface area contributed by atoms with Crippen LogP contribution in [0.4, 0.5) is 0 Å². The van der Waals surface area contributed by atoms with Gasteiger partial charge in [0, 0.05) is 11.8 Å². The summed E-state index contributed by atoms with van der Waals surface area (Å²) in [4.78, 5) is 2.23. The lowest BCUT2D eigenvalue weighted by Crippen LogP contribution is -2.20. The molecule has 30 heavy (non-hydrogen) atoms. The molecule has 0 aromatic heterocycles. The highest BCUT2D eigenvalue weighted by Crippen LogP contribution is 2.31. The lowest BCUT2D eigenvalue weighted by atomic mass is 9.86. The minimum Gasteiger partial charge on any atom is -0.488 e. The fraction of sp³-hybridized carbons (Fsp3) is 0.333. The Bertz CT molecular complexity index is 974. The lowest BCUT2D eigenvalue weighted by molar-refractivity contribution is 0.306. The van der Waals surface area contributed by atoms with Gasteiger partial charge in [-0.1, -0.05) is 90.0 Å². The zero-order valence-electron chi connectivity index (χ0n) is 19.1. The first-order valence-corrected chi connectivity index (χ1v) is 11.6. The highest BCUT2D eigenvalue weighted by molar-refractivity contribution is 7.55. The number of nitrogens with zero attached hydrogens (tertiary/aromatic N) is 1. The van der Waals surface area contributed by atoms with Crippen LogP contribution in [0.2, 0.25) is 0 Å². The molecule has 0 fully saturated rings. The molecule has 1 atom stereocenters. The number of benzene rings is 3. The molecule has 0 spiro atoms. The van der Waals surface area contributed by atoms with Crippen molar-refractivity contribution in [2.45, 2.75) is 46.3 Å². The maximum atomic E-state index is 6.41. The molecule has 1 unspecified atom stereocenters. The smallest absolute Gasteiger partial charge is 0.130 e. The van der Waals surface area contributed by atoms with Crippen LogP contribution in [0.1, 0.15) is 43.0 Å². The van der Waals surface area contributed by atoms with Crippen LogP contribution < -0.4 is 15.3 Å². The largest absolute Gasteiger partial charge is 0.488 e. The van der Waals surface area contributed by atoms with E-state index in [-0.39, 0.29) is 5.41 Å². The third kappa shape index (κ3) is 5.94. The molecule has 0 radical (unpaired) electrons. The van der Waals surface area contributed by atoms with Crippen LogP contribution in [0.25, 0.3) is 0 Å². The summed E-state index contributed by atoms with van der Waals surface area (Å²) in [6, 6.07) is 23.8. The number of ether oxygens (including phenoxy) is 1. The molecule has 0 aliphatic rings. The van der Waals surface area contributed by atoms with Crippen LogP contribution >= 0.6 is 8.58 Å². The second kappa shape index (κ2) is 9.77. The van der Waals surface area contributed by atoms with E-state index in [1.165, 1.54) is 32.9 Å². The minimum atomic E-state index is 0.102. The van der Waals surface area contributed by atoms with E-state index < -0.39 is 0 Å². The fourth-order valence-corrected chi connectivity index (χ4v) is 4.89. The van der Waals surface area contributed by atoms with E-state index in [1.807, 2.05) is 6.07 Å². The molecular weight excluding hydrogens is 385 g/mol. The molecule has 0 saturated carbocycles. The maximum absolute atomic E-state index is 6.41. The van der Waals surface area contributed by atoms with E-state index in [9.17, 15) is 0 Å². The first kappa shape index (κ1) is 22.5. The summed E-state index contributed by atoms with van der Waals surface area (Å²) in [5.41, 5.74) is 5.25. The molecule has 0 heterocycles. The van der Waals surface area contributed by atoms with Crippen LogP contribution in [0.15, 0.2) is 66.7 Å². The highest BCUT2D eigenvalue weighted by Gasteiger charge is 2.19. The second-order valence-corrected chi connectivity index (χ2v) is 10.5. The van der Waals surface area contributed by atoms with E-state index in [2.05, 4.69) is 107 Å². The first-order valence-electron chi connectivity index (χ1n) is 10.6. The molecule has 3 aromatic carbocycles. The van der Waals surface area contributed by atoms with Crippen molar-refractivity contribution in [3.8, 4) is 5.75 Å². The molecule has 0 amide bonds. The van der Waals surface area contributed by atoms with Crippen molar-refractivity contribution in [3.63, 3.8) is 0 Å². The summed E-state index contributed by atoms with van der Waals surface area (Å²) < 4.78 is 6.41. The molecule has 3 aromatic rings. The number of hydrogen-bond donors (Lipinski definition) is 0. The Morgan fingerprint density at radius 3 is 2.20 bits per heavy atom. The van der Waals surface area contributed by atoms with Crippen molar-refractivity contribution in [3.05, 3.63) is 89.0 Å². The van der Waals surface area contributed by atoms with Crippen molar-refractivity contribution in [1.29, 1.82) is 0 Å². The van der Waals surface area contributed by atoms with Gasteiger partial charge in [0.05, 0.1) is 0 Å². The number of rotatable bonds is 7. The molecule has 0 saturated heterocycles. The van der Waals surface area contributed by atoms with Gasteiger partial charge in [0.25, 0.3) is 0 Å². The summed E-state index contributed by atoms with van der Waals surface area (Å²) in [6.45, 7) is 10.5. The summed E-state index contributed by atoms with van der Waals surface area (Å²) in [7, 11) is 4.81. The monoisotopic (exact) mass is 419 g/mol. The maximum Gasteiger partial charge on any atom is 0.130 e. The highest BCUT2D eigenvalue weighted by atomic mass is 31.1. The van der Waals surface area contributed by atoms with Gasteiger partial charge >= 0.3 is 0 Å². The Labute approximate surface area is 184 Å². The van der Waals surface area contributed by atoms with Crippen molar-refractivity contribution in [1.82, 2.24) is 4.90 Å². The van der Waals surface area contributed by atoms with Gasteiger partial charge in [-0.05, 0) is 60.1 Å². The van der Waals surface area contributed by atoms with Gasteiger partial charge in [-0.15, -0.1) is 0 Å². The van der Waals surface area contributed by atoms with Gasteiger partial charge in [-0.2, -0.15) is 0 Å². The minimum absolute atomic E-state index is 0.102. The number of hydrogen-bond acceptors (Lipinski definition) is 2. The molecular formula is C27H34NOP. The van der Waals surface area contributed by atoms with E-state index >= 15 is 0 Å². The molecule has 0 bridgehead atoms. The Kier molecular flexibility index (Phi) is 7.34. The van der Waals surface area contributed by atoms with E-state index in [0.717, 1.165) is 12.3 Å². The van der Waals surface area contributed by atoms with Crippen LogP contribution in [0, 0.1) is 6.92 Å². The Balaban J connectivity index is 1.99. The summed E-state index contributed by atoms with van der Waals surface area (Å²) >= 11 is 0. The predicted molar refractivity (Wildman–Crippen MR) is 132 cm³/mol. The Morgan fingerprint density at radius 1 is 0.867 bits per heavy atom. The van der Waals surface area contributed by atoms with Crippen LogP contribution in [-0.4, -0.2) is 19.0 Å². The lowest BCUT2D eigenvalue weighted by Gasteiger charge is -2.24. The molecule has 158 valence electrons. The standard InChI is InChI=1S/C27H34NOP/c1-20-16-23(27(2,3)4)17-25(26(20)29-19-21-12-8-7-9-13-21)30-24-15-11-10-14-22(24)18-28(5)6/h7-17,30H,18-19H2,1-6H3. The summed E-state index contributed by atoms with van der Waals surface area (Å²) in [6.07, 6.45) is 0. The molecule has 0 aliphatic carbocycles. The molecule has 0 N–H and O–H groups in total. The van der Waals surface area contributed by atoms with Crippen molar-refractivity contribution < 1.29 is 4.74 Å². The van der Waals surface area contributed by atoms with Gasteiger partial charge in [0.1, 0.15) is 12.4 Å². The van der Waals surface area contributed by atoms with Crippen LogP contribution in [-0.2, 0) is 18.6 Å². The van der Waals surface area contributed by atoms with Gasteiger partial charge in [0.2, 0.25) is 0 Å². The quantitative estimate of drug-likeness (QED) is 0.465. The normalized spacial score (nSPS) is 12.1. The third-order valence-corrected chi connectivity index (χ3v) is 6.54. The summed E-state index contributed by atoms with van der Waals surface area (Å²) in [5, 5.41) is 2.68. The van der Waals surface area contributed by atoms with Crippen LogP contribution in [0.5, 0.6) is 5.75 Å². The van der Waals surface area contributed by atoms with Crippen molar-refractivity contribution in [2.24, 2.45) is 0 Å². The summed E-state index contributed by atoms with van der Waals surface area (Å²) in [5.74, 6) is 1.03. The Hall–Kier alpha value is -2.15. The topological polar surface area (TPSA) is 12.5 Å². The average molecular weight is 420 g/mol. The SMILES string of the molecule is Cc1cc(C(C)(C)C)cc(Pc2ccccc2CN(C)C)c1OCc1ccccc1. The van der Waals surface area contributed by atoms with Gasteiger partial charge < -0.3 is 9.64 Å². The van der Waals surface area contributed by atoms with Crippen molar-refractivity contribution in [2.75, 3.05) is 14.1 Å². The van der Waals surface area contributed by atoms with E-state index in [4.69, 9.17) is 4.74 Å². The number of aryl methyl sites for hydroxylation is 1. The Morgan fingerprint density at radius 2 is 1.53 bits per heavy atom. The van der Waals surface area contributed by atoms with Crippen LogP contribution in [0.3, 0.4) is 0 Å². The molecule has 2 nitrogen and oxygen atoms in total. The zero-order chi connectivity index (χ0) is 21.7. The van der Waals surface area contributed by atoms with Gasteiger partial charge in [0.15, 0.2) is 0 Å². The van der Waals surface area contributed by atoms with Gasteiger partial charge in [-0.25, -0.2) is 0 Å². The van der Waals surface area contributed by atoms with E-state index in [0.29, 0.717) is 15.2 Å². The third-order valence-electron chi connectivity index (χ3n) is 5.14. The fourth-order valence-electron chi connectivity index (χ4n) is 3.49. The second-order valence-electron chi connectivity index (χ2n) is 9.21. The predicted octanol–water partition coefficient (Wildman–Crippen LogP) is 5.56. The average Bonchev–Trinajstić information content (AvgIpc) is 2.68. The van der Waals surface area contributed by atoms with E-state index in [1.54, 1.807) is 0 Å². The molecule has 3 rings (SSSR count). The molecule has 3 heteroatoms.